The van der Waals surface area contributed by atoms with Gasteiger partial charge >= 0.3 is 0 Å². The summed E-state index contributed by atoms with van der Waals surface area (Å²) in [5, 5.41) is 4.11. The van der Waals surface area contributed by atoms with Crippen LogP contribution in [0.25, 0.3) is 0 Å². The predicted octanol–water partition coefficient (Wildman–Crippen LogP) is 3.63. The van der Waals surface area contributed by atoms with E-state index in [4.69, 9.17) is 11.6 Å². The fourth-order valence-electron chi connectivity index (χ4n) is 2.19. The van der Waals surface area contributed by atoms with Gasteiger partial charge < -0.3 is 10.2 Å². The Morgan fingerprint density at radius 1 is 1.14 bits per heavy atom. The van der Waals surface area contributed by atoms with E-state index in [-0.39, 0.29) is 0 Å². The molecule has 2 rings (SSSR count). The van der Waals surface area contributed by atoms with Crippen LogP contribution in [-0.2, 0) is 6.42 Å². The van der Waals surface area contributed by atoms with Gasteiger partial charge in [0.15, 0.2) is 0 Å². The lowest BCUT2D eigenvalue weighted by Crippen LogP contribution is -2.23. The number of benzene rings is 1. The van der Waals surface area contributed by atoms with Gasteiger partial charge in [-0.25, -0.2) is 9.97 Å². The van der Waals surface area contributed by atoms with Crippen molar-refractivity contribution in [1.82, 2.24) is 9.97 Å². The quantitative estimate of drug-likeness (QED) is 0.848. The first-order valence-corrected chi connectivity index (χ1v) is 7.66. The minimum Gasteiger partial charge on any atom is -0.370 e. The zero-order chi connectivity index (χ0) is 15.1. The van der Waals surface area contributed by atoms with Crippen LogP contribution in [0.3, 0.4) is 0 Å². The van der Waals surface area contributed by atoms with Crippen LogP contribution in [0.5, 0.6) is 0 Å². The molecule has 0 aliphatic rings. The normalized spacial score (nSPS) is 10.4. The van der Waals surface area contributed by atoms with E-state index in [0.29, 0.717) is 0 Å². The van der Waals surface area contributed by atoms with Gasteiger partial charge in [0.05, 0.1) is 0 Å². The number of hydrogen-bond donors (Lipinski definition) is 1. The van der Waals surface area contributed by atoms with E-state index in [1.807, 2.05) is 24.3 Å². The van der Waals surface area contributed by atoms with Crippen LogP contribution in [0, 0.1) is 0 Å². The van der Waals surface area contributed by atoms with Crippen molar-refractivity contribution in [2.75, 3.05) is 29.9 Å². The number of rotatable bonds is 7. The zero-order valence-electron chi connectivity index (χ0n) is 12.5. The summed E-state index contributed by atoms with van der Waals surface area (Å²) in [5.74, 6) is 1.81. The molecule has 0 saturated carbocycles. The SMILES string of the molecule is CCN(CC)c1cc(NCCc2cccc(Cl)c2)ncn1. The first kappa shape index (κ1) is 15.6. The fraction of sp³-hybridized carbons (Fsp3) is 0.375. The smallest absolute Gasteiger partial charge is 0.134 e. The van der Waals surface area contributed by atoms with Gasteiger partial charge in [-0.3, -0.25) is 0 Å². The molecule has 0 radical (unpaired) electrons. The molecule has 0 aliphatic heterocycles. The Bertz CT molecular complexity index is 570. The maximum Gasteiger partial charge on any atom is 0.134 e. The maximum atomic E-state index is 5.98. The zero-order valence-corrected chi connectivity index (χ0v) is 13.3. The largest absolute Gasteiger partial charge is 0.370 e. The Morgan fingerprint density at radius 3 is 2.67 bits per heavy atom. The second kappa shape index (κ2) is 7.84. The molecule has 0 unspecified atom stereocenters. The summed E-state index contributed by atoms with van der Waals surface area (Å²) in [6, 6.07) is 9.92. The minimum atomic E-state index is 0.776. The summed E-state index contributed by atoms with van der Waals surface area (Å²) < 4.78 is 0. The van der Waals surface area contributed by atoms with Crippen molar-refractivity contribution in [2.24, 2.45) is 0 Å². The van der Waals surface area contributed by atoms with E-state index in [1.54, 1.807) is 6.33 Å². The van der Waals surface area contributed by atoms with Gasteiger partial charge in [-0.1, -0.05) is 23.7 Å². The summed E-state index contributed by atoms with van der Waals surface area (Å²) >= 11 is 5.98. The molecule has 1 aromatic heterocycles. The molecule has 5 heteroatoms. The van der Waals surface area contributed by atoms with Crippen LogP contribution in [0.1, 0.15) is 19.4 Å². The van der Waals surface area contributed by atoms with Crippen molar-refractivity contribution < 1.29 is 0 Å². The summed E-state index contributed by atoms with van der Waals surface area (Å²) in [6.45, 7) is 6.94. The highest BCUT2D eigenvalue weighted by molar-refractivity contribution is 6.30. The summed E-state index contributed by atoms with van der Waals surface area (Å²) in [6.07, 6.45) is 2.51. The lowest BCUT2D eigenvalue weighted by atomic mass is 10.1. The van der Waals surface area contributed by atoms with E-state index in [9.17, 15) is 0 Å². The number of halogens is 1. The molecule has 0 amide bonds. The lowest BCUT2D eigenvalue weighted by molar-refractivity contribution is 0.841. The van der Waals surface area contributed by atoms with Gasteiger partial charge in [-0.15, -0.1) is 0 Å². The topological polar surface area (TPSA) is 41.0 Å². The Kier molecular flexibility index (Phi) is 5.81. The average Bonchev–Trinajstić information content (AvgIpc) is 2.49. The van der Waals surface area contributed by atoms with Gasteiger partial charge in [0, 0.05) is 30.7 Å². The van der Waals surface area contributed by atoms with E-state index in [1.165, 1.54) is 5.56 Å². The molecule has 0 bridgehead atoms. The first-order chi connectivity index (χ1) is 10.2. The highest BCUT2D eigenvalue weighted by Gasteiger charge is 2.04. The molecular weight excluding hydrogens is 284 g/mol. The summed E-state index contributed by atoms with van der Waals surface area (Å²) in [5.41, 5.74) is 1.22. The Labute approximate surface area is 131 Å². The standard InChI is InChI=1S/C16H21ClN4/c1-3-21(4-2)16-11-15(19-12-20-16)18-9-8-13-6-5-7-14(17)10-13/h5-7,10-12H,3-4,8-9H2,1-2H3,(H,18,19,20). The Balaban J connectivity index is 1.93. The summed E-state index contributed by atoms with van der Waals surface area (Å²) in [7, 11) is 0. The van der Waals surface area contributed by atoms with E-state index < -0.39 is 0 Å². The van der Waals surface area contributed by atoms with Crippen LogP contribution in [0.15, 0.2) is 36.7 Å². The number of hydrogen-bond acceptors (Lipinski definition) is 4. The van der Waals surface area contributed by atoms with Crippen LogP contribution in [-0.4, -0.2) is 29.6 Å². The summed E-state index contributed by atoms with van der Waals surface area (Å²) in [4.78, 5) is 10.8. The molecule has 0 saturated heterocycles. The third-order valence-electron chi connectivity index (χ3n) is 3.35. The van der Waals surface area contributed by atoms with Crippen LogP contribution < -0.4 is 10.2 Å². The van der Waals surface area contributed by atoms with Crippen molar-refractivity contribution in [3.05, 3.63) is 47.2 Å². The molecule has 1 heterocycles. The first-order valence-electron chi connectivity index (χ1n) is 7.28. The second-order valence-corrected chi connectivity index (χ2v) is 5.18. The van der Waals surface area contributed by atoms with Crippen LogP contribution >= 0.6 is 11.6 Å². The van der Waals surface area contributed by atoms with Crippen molar-refractivity contribution in [3.8, 4) is 0 Å². The molecule has 0 spiro atoms. The van der Waals surface area contributed by atoms with Crippen molar-refractivity contribution >= 4 is 23.2 Å². The minimum absolute atomic E-state index is 0.776. The third kappa shape index (κ3) is 4.60. The number of nitrogens with zero attached hydrogens (tertiary/aromatic N) is 3. The molecule has 1 N–H and O–H groups in total. The predicted molar refractivity (Wildman–Crippen MR) is 89.2 cm³/mol. The molecule has 1 aromatic carbocycles. The van der Waals surface area contributed by atoms with E-state index in [0.717, 1.165) is 42.7 Å². The lowest BCUT2D eigenvalue weighted by Gasteiger charge is -2.19. The Hall–Kier alpha value is -1.81. The average molecular weight is 305 g/mol. The monoisotopic (exact) mass is 304 g/mol. The molecule has 21 heavy (non-hydrogen) atoms. The fourth-order valence-corrected chi connectivity index (χ4v) is 2.40. The highest BCUT2D eigenvalue weighted by atomic mass is 35.5. The van der Waals surface area contributed by atoms with Crippen molar-refractivity contribution in [3.63, 3.8) is 0 Å². The van der Waals surface area contributed by atoms with E-state index >= 15 is 0 Å². The number of nitrogens with one attached hydrogen (secondary N) is 1. The van der Waals surface area contributed by atoms with Gasteiger partial charge in [0.25, 0.3) is 0 Å². The molecule has 4 nitrogen and oxygen atoms in total. The maximum absolute atomic E-state index is 5.98. The third-order valence-corrected chi connectivity index (χ3v) is 3.58. The number of aromatic nitrogens is 2. The van der Waals surface area contributed by atoms with Gasteiger partial charge in [-0.2, -0.15) is 0 Å². The van der Waals surface area contributed by atoms with E-state index in [2.05, 4.69) is 40.1 Å². The van der Waals surface area contributed by atoms with Crippen molar-refractivity contribution in [1.29, 1.82) is 0 Å². The van der Waals surface area contributed by atoms with Gasteiger partial charge in [0.1, 0.15) is 18.0 Å². The molecular formula is C16H21ClN4. The highest BCUT2D eigenvalue weighted by Crippen LogP contribution is 2.14. The van der Waals surface area contributed by atoms with Crippen molar-refractivity contribution in [2.45, 2.75) is 20.3 Å². The molecule has 112 valence electrons. The molecule has 0 aliphatic carbocycles. The molecule has 2 aromatic rings. The number of anilines is 2. The Morgan fingerprint density at radius 2 is 1.95 bits per heavy atom. The van der Waals surface area contributed by atoms with Crippen LogP contribution in [0.4, 0.5) is 11.6 Å². The van der Waals surface area contributed by atoms with Gasteiger partial charge in [0.2, 0.25) is 0 Å². The molecule has 0 fully saturated rings. The van der Waals surface area contributed by atoms with Crippen LogP contribution in [0.2, 0.25) is 5.02 Å². The van der Waals surface area contributed by atoms with Gasteiger partial charge in [-0.05, 0) is 38.0 Å². The second-order valence-electron chi connectivity index (χ2n) is 4.74. The molecule has 0 atom stereocenters.